The molecule has 0 saturated heterocycles. The highest BCUT2D eigenvalue weighted by atomic mass is 16.5. The SMILES string of the molecule is CC(C)Oc1ccccc1Nc1ccc(C(=O)NCCN(C)C)nc1. The highest BCUT2D eigenvalue weighted by molar-refractivity contribution is 5.92. The zero-order valence-electron chi connectivity index (χ0n) is 15.2. The number of benzene rings is 1. The first-order chi connectivity index (χ1) is 12.0. The lowest BCUT2D eigenvalue weighted by atomic mass is 10.2. The largest absolute Gasteiger partial charge is 0.489 e. The number of carbonyl (C=O) groups excluding carboxylic acids is 1. The smallest absolute Gasteiger partial charge is 0.269 e. The first kappa shape index (κ1) is 18.7. The molecule has 6 heteroatoms. The van der Waals surface area contributed by atoms with Gasteiger partial charge in [-0.05, 0) is 52.2 Å². The van der Waals surface area contributed by atoms with Gasteiger partial charge in [0.2, 0.25) is 0 Å². The van der Waals surface area contributed by atoms with E-state index in [-0.39, 0.29) is 12.0 Å². The minimum Gasteiger partial charge on any atom is -0.489 e. The molecule has 2 rings (SSSR count). The molecular weight excluding hydrogens is 316 g/mol. The van der Waals surface area contributed by atoms with Gasteiger partial charge in [0, 0.05) is 13.1 Å². The van der Waals surface area contributed by atoms with Crippen LogP contribution in [0.2, 0.25) is 0 Å². The Labute approximate surface area is 149 Å². The lowest BCUT2D eigenvalue weighted by Gasteiger charge is -2.15. The molecule has 1 aromatic carbocycles. The molecule has 1 aromatic heterocycles. The number of hydrogen-bond donors (Lipinski definition) is 2. The Morgan fingerprint density at radius 2 is 1.96 bits per heavy atom. The summed E-state index contributed by atoms with van der Waals surface area (Å²) in [4.78, 5) is 18.3. The molecule has 0 fully saturated rings. The van der Waals surface area contributed by atoms with Crippen molar-refractivity contribution in [3.05, 3.63) is 48.3 Å². The predicted molar refractivity (Wildman–Crippen MR) is 101 cm³/mol. The number of aromatic nitrogens is 1. The maximum Gasteiger partial charge on any atom is 0.269 e. The van der Waals surface area contributed by atoms with Crippen LogP contribution in [-0.2, 0) is 0 Å². The Balaban J connectivity index is 2.00. The van der Waals surface area contributed by atoms with Crippen LogP contribution in [-0.4, -0.2) is 49.1 Å². The van der Waals surface area contributed by atoms with Gasteiger partial charge in [0.05, 0.1) is 23.7 Å². The third-order valence-corrected chi connectivity index (χ3v) is 3.37. The summed E-state index contributed by atoms with van der Waals surface area (Å²) >= 11 is 0. The fourth-order valence-electron chi connectivity index (χ4n) is 2.17. The maximum atomic E-state index is 12.0. The van der Waals surface area contributed by atoms with Crippen molar-refractivity contribution in [3.63, 3.8) is 0 Å². The highest BCUT2D eigenvalue weighted by Gasteiger charge is 2.08. The van der Waals surface area contributed by atoms with E-state index < -0.39 is 0 Å². The summed E-state index contributed by atoms with van der Waals surface area (Å²) in [5.74, 6) is 0.611. The summed E-state index contributed by atoms with van der Waals surface area (Å²) in [6.45, 7) is 5.36. The third-order valence-electron chi connectivity index (χ3n) is 3.37. The number of rotatable bonds is 8. The first-order valence-electron chi connectivity index (χ1n) is 8.37. The van der Waals surface area contributed by atoms with Crippen LogP contribution in [0.15, 0.2) is 42.6 Å². The van der Waals surface area contributed by atoms with E-state index in [1.54, 1.807) is 12.3 Å². The molecule has 0 unspecified atom stereocenters. The van der Waals surface area contributed by atoms with E-state index in [4.69, 9.17) is 4.74 Å². The van der Waals surface area contributed by atoms with Gasteiger partial charge in [0.15, 0.2) is 0 Å². The Morgan fingerprint density at radius 3 is 2.60 bits per heavy atom. The molecule has 6 nitrogen and oxygen atoms in total. The molecule has 0 atom stereocenters. The number of nitrogens with zero attached hydrogens (tertiary/aromatic N) is 2. The Bertz CT molecular complexity index is 684. The van der Waals surface area contributed by atoms with E-state index in [0.29, 0.717) is 12.2 Å². The van der Waals surface area contributed by atoms with Gasteiger partial charge in [0.1, 0.15) is 11.4 Å². The number of amides is 1. The molecule has 0 aliphatic heterocycles. The summed E-state index contributed by atoms with van der Waals surface area (Å²) in [6.07, 6.45) is 1.74. The van der Waals surface area contributed by atoms with Crippen LogP contribution in [0.25, 0.3) is 0 Å². The zero-order valence-corrected chi connectivity index (χ0v) is 15.2. The van der Waals surface area contributed by atoms with Crippen LogP contribution >= 0.6 is 0 Å². The van der Waals surface area contributed by atoms with E-state index in [1.165, 1.54) is 0 Å². The molecule has 25 heavy (non-hydrogen) atoms. The van der Waals surface area contributed by atoms with Crippen molar-refractivity contribution in [2.45, 2.75) is 20.0 Å². The van der Waals surface area contributed by atoms with Crippen LogP contribution in [0.3, 0.4) is 0 Å². The standard InChI is InChI=1S/C19H26N4O2/c1-14(2)25-18-8-6-5-7-16(18)22-15-9-10-17(21-13-15)19(24)20-11-12-23(3)4/h5-10,13-14,22H,11-12H2,1-4H3,(H,20,24). The number of nitrogens with one attached hydrogen (secondary N) is 2. The fourth-order valence-corrected chi connectivity index (χ4v) is 2.17. The van der Waals surface area contributed by atoms with E-state index in [0.717, 1.165) is 23.7 Å². The lowest BCUT2D eigenvalue weighted by Crippen LogP contribution is -2.31. The van der Waals surface area contributed by atoms with Crippen molar-refractivity contribution in [2.24, 2.45) is 0 Å². The molecule has 0 bridgehead atoms. The topological polar surface area (TPSA) is 66.5 Å². The van der Waals surface area contributed by atoms with Gasteiger partial charge in [-0.1, -0.05) is 12.1 Å². The number of pyridine rings is 1. The second-order valence-corrected chi connectivity index (χ2v) is 6.28. The van der Waals surface area contributed by atoms with Crippen LogP contribution in [0.1, 0.15) is 24.3 Å². The number of hydrogen-bond acceptors (Lipinski definition) is 5. The summed E-state index contributed by atoms with van der Waals surface area (Å²) in [5, 5.41) is 6.12. The van der Waals surface area contributed by atoms with Crippen LogP contribution in [0.4, 0.5) is 11.4 Å². The highest BCUT2D eigenvalue weighted by Crippen LogP contribution is 2.27. The number of likely N-dealkylation sites (N-methyl/N-ethyl adjacent to an activating group) is 1. The Morgan fingerprint density at radius 1 is 1.20 bits per heavy atom. The van der Waals surface area contributed by atoms with Gasteiger partial charge < -0.3 is 20.3 Å². The summed E-state index contributed by atoms with van der Waals surface area (Å²) < 4.78 is 5.79. The minimum atomic E-state index is -0.169. The lowest BCUT2D eigenvalue weighted by molar-refractivity contribution is 0.0946. The number of carbonyl (C=O) groups is 1. The van der Waals surface area contributed by atoms with E-state index in [1.807, 2.05) is 63.2 Å². The van der Waals surface area contributed by atoms with Crippen LogP contribution in [0.5, 0.6) is 5.75 Å². The van der Waals surface area contributed by atoms with E-state index >= 15 is 0 Å². The van der Waals surface area contributed by atoms with Gasteiger partial charge in [-0.15, -0.1) is 0 Å². The normalized spacial score (nSPS) is 10.8. The Hall–Kier alpha value is -2.60. The number of para-hydroxylation sites is 2. The average molecular weight is 342 g/mol. The number of anilines is 2. The van der Waals surface area contributed by atoms with Gasteiger partial charge in [-0.25, -0.2) is 4.98 Å². The average Bonchev–Trinajstić information content (AvgIpc) is 2.56. The second kappa shape index (κ2) is 9.03. The van der Waals surface area contributed by atoms with Crippen molar-refractivity contribution in [2.75, 3.05) is 32.5 Å². The van der Waals surface area contributed by atoms with Crippen molar-refractivity contribution < 1.29 is 9.53 Å². The van der Waals surface area contributed by atoms with Crippen molar-refractivity contribution in [3.8, 4) is 5.75 Å². The molecule has 1 heterocycles. The quantitative estimate of drug-likeness (QED) is 0.772. The van der Waals surface area contributed by atoms with E-state index in [9.17, 15) is 4.79 Å². The monoisotopic (exact) mass is 342 g/mol. The maximum absolute atomic E-state index is 12.0. The molecule has 0 spiro atoms. The van der Waals surface area contributed by atoms with Gasteiger partial charge >= 0.3 is 0 Å². The fraction of sp³-hybridized carbons (Fsp3) is 0.368. The molecule has 0 aliphatic carbocycles. The number of ether oxygens (including phenoxy) is 1. The molecule has 2 aromatic rings. The molecular formula is C19H26N4O2. The molecule has 0 radical (unpaired) electrons. The third kappa shape index (κ3) is 6.08. The van der Waals surface area contributed by atoms with Crippen LogP contribution < -0.4 is 15.4 Å². The molecule has 0 aliphatic rings. The minimum absolute atomic E-state index is 0.0920. The van der Waals surface area contributed by atoms with E-state index in [2.05, 4.69) is 15.6 Å². The summed E-state index contributed by atoms with van der Waals surface area (Å²) in [5.41, 5.74) is 2.06. The zero-order chi connectivity index (χ0) is 18.2. The van der Waals surface area contributed by atoms with Gasteiger partial charge in [-0.2, -0.15) is 0 Å². The van der Waals surface area contributed by atoms with Gasteiger partial charge in [0.25, 0.3) is 5.91 Å². The summed E-state index contributed by atoms with van der Waals surface area (Å²) in [7, 11) is 3.93. The molecule has 1 amide bonds. The second-order valence-electron chi connectivity index (χ2n) is 6.28. The van der Waals surface area contributed by atoms with Gasteiger partial charge in [-0.3, -0.25) is 4.79 Å². The molecule has 2 N–H and O–H groups in total. The molecule has 134 valence electrons. The summed E-state index contributed by atoms with van der Waals surface area (Å²) in [6, 6.07) is 11.3. The Kier molecular flexibility index (Phi) is 6.77. The molecule has 0 saturated carbocycles. The first-order valence-corrected chi connectivity index (χ1v) is 8.37. The van der Waals surface area contributed by atoms with Crippen molar-refractivity contribution in [1.82, 2.24) is 15.2 Å². The van der Waals surface area contributed by atoms with Crippen molar-refractivity contribution in [1.29, 1.82) is 0 Å². The van der Waals surface area contributed by atoms with Crippen molar-refractivity contribution >= 4 is 17.3 Å². The van der Waals surface area contributed by atoms with Crippen LogP contribution in [0, 0.1) is 0 Å². The predicted octanol–water partition coefficient (Wildman–Crippen LogP) is 2.90.